The molecule has 0 saturated heterocycles. The topological polar surface area (TPSA) is 39.8 Å². The minimum absolute atomic E-state index is 0. The predicted octanol–water partition coefficient (Wildman–Crippen LogP) is 5.11. The fourth-order valence-electron chi connectivity index (χ4n) is 4.16. The Balaban J connectivity index is 0. The smallest absolute Gasteiger partial charge is 0 e. The monoisotopic (exact) mass is 646 g/mol. The Morgan fingerprint density at radius 1 is 0.562 bits per heavy atom. The van der Waals surface area contributed by atoms with E-state index in [1.165, 1.54) is 10.9 Å². The molecule has 0 aromatic heterocycles. The first-order chi connectivity index (χ1) is 14.7. The normalized spacial score (nSPS) is 10.4. The maximum absolute atomic E-state index is 7.50. The third-order valence-electron chi connectivity index (χ3n) is 4.97. The van der Waals surface area contributed by atoms with Crippen LogP contribution in [0.1, 0.15) is 55.4 Å². The molecule has 32 heavy (non-hydrogen) atoms. The Morgan fingerprint density at radius 3 is 1.06 bits per heavy atom. The van der Waals surface area contributed by atoms with E-state index in [0.717, 1.165) is 0 Å². The van der Waals surface area contributed by atoms with Crippen molar-refractivity contribution in [1.82, 2.24) is 0 Å². The van der Waals surface area contributed by atoms with Gasteiger partial charge in [-0.15, -0.1) is 0 Å². The van der Waals surface area contributed by atoms with Gasteiger partial charge >= 0.3 is 22.6 Å². The van der Waals surface area contributed by atoms with E-state index < -0.39 is 0 Å². The molecule has 0 bridgehead atoms. The molecule has 2 rings (SSSR count). The summed E-state index contributed by atoms with van der Waals surface area (Å²) < 4.78 is 15.0. The van der Waals surface area contributed by atoms with Crippen molar-refractivity contribution in [1.29, 1.82) is 0 Å². The molecule has 0 amide bonds. The summed E-state index contributed by atoms with van der Waals surface area (Å²) in [6.45, 7) is 28.1. The first-order valence-corrected chi connectivity index (χ1v) is 13.7. The molecule has 2 radical (unpaired) electrons. The van der Waals surface area contributed by atoms with Gasteiger partial charge in [-0.3, -0.25) is 0 Å². The fourth-order valence-corrected chi connectivity index (χ4v) is 10.2. The Kier molecular flexibility index (Phi) is 18.8. The van der Waals surface area contributed by atoms with Gasteiger partial charge in [-0.1, -0.05) is 131 Å². The van der Waals surface area contributed by atoms with E-state index in [1.807, 2.05) is 0 Å². The molecule has 0 atom stereocenters. The maximum Gasteiger partial charge on any atom is 0 e. The van der Waals surface area contributed by atoms with E-state index in [0.29, 0.717) is 22.6 Å². The minimum atomic E-state index is -0.167. The summed E-state index contributed by atoms with van der Waals surface area (Å²) in [4.78, 5) is 0. The maximum atomic E-state index is 7.50. The van der Waals surface area contributed by atoms with Crippen LogP contribution in [0.15, 0.2) is 48.5 Å². The summed E-state index contributed by atoms with van der Waals surface area (Å²) in [5, 5.41) is 3.12. The van der Waals surface area contributed by atoms with Crippen molar-refractivity contribution in [2.75, 3.05) is 0 Å². The van der Waals surface area contributed by atoms with E-state index in [1.54, 1.807) is 10.6 Å². The van der Waals surface area contributed by atoms with Crippen LogP contribution in [0.5, 0.6) is 0 Å². The van der Waals surface area contributed by atoms with Gasteiger partial charge in [0, 0.05) is 20.1 Å². The summed E-state index contributed by atoms with van der Waals surface area (Å²) in [6.07, 6.45) is 0. The zero-order valence-corrected chi connectivity index (χ0v) is 24.7. The van der Waals surface area contributed by atoms with Crippen LogP contribution in [0.2, 0.25) is 0 Å². The molecule has 2 aromatic carbocycles. The first kappa shape index (κ1) is 33.7. The molecule has 0 aliphatic heterocycles. The summed E-state index contributed by atoms with van der Waals surface area (Å²) in [6, 6.07) is 18.2. The molecular formula is C26H36BIrO2P2. The first-order valence-electron chi connectivity index (χ1n) is 10.7. The van der Waals surface area contributed by atoms with Crippen LogP contribution in [0.4, 0.5) is 0 Å². The van der Waals surface area contributed by atoms with Crippen LogP contribution in [-0.4, -0.2) is 29.9 Å². The largest absolute Gasteiger partial charge is 0 e. The number of hydrogen-bond donors (Lipinski definition) is 0. The second kappa shape index (κ2) is 17.9. The van der Waals surface area contributed by atoms with Gasteiger partial charge in [-0.2, -0.15) is 0 Å². The standard InChI is InChI=1S/C24H36BP2.2CO.Ir/c1-17(2)26(18(3)4)23-15-11-9-13-21(23)25-22-14-10-12-16-24(22)27(19(5)6)20(7)8;2*1-2;/h9-20H,1-8H3;;;. The predicted molar refractivity (Wildman–Crippen MR) is 139 cm³/mol. The van der Waals surface area contributed by atoms with Gasteiger partial charge in [-0.05, 0) is 33.2 Å². The molecule has 0 heterocycles. The Hall–Kier alpha value is -0.506. The molecule has 2 aromatic rings. The van der Waals surface area contributed by atoms with Gasteiger partial charge in [0.15, 0.2) is 7.28 Å². The Bertz CT molecular complexity index is 736. The summed E-state index contributed by atoms with van der Waals surface area (Å²) in [5.41, 5.74) is 5.64. The average Bonchev–Trinajstić information content (AvgIpc) is 2.73. The molecule has 0 unspecified atom stereocenters. The third-order valence-corrected chi connectivity index (χ3v) is 11.3. The molecule has 174 valence electrons. The third kappa shape index (κ3) is 9.78. The molecule has 0 aliphatic carbocycles. The zero-order chi connectivity index (χ0) is 24.1. The van der Waals surface area contributed by atoms with Crippen molar-refractivity contribution >= 4 is 44.7 Å². The van der Waals surface area contributed by atoms with Crippen LogP contribution < -0.4 is 21.5 Å². The molecule has 0 saturated carbocycles. The van der Waals surface area contributed by atoms with Gasteiger partial charge in [0.25, 0.3) is 0 Å². The summed E-state index contributed by atoms with van der Waals surface area (Å²) >= 11 is 0. The van der Waals surface area contributed by atoms with Crippen LogP contribution >= 0.6 is 15.8 Å². The van der Waals surface area contributed by atoms with Crippen LogP contribution in [0.3, 0.4) is 0 Å². The molecule has 0 fully saturated rings. The fraction of sp³-hybridized carbons (Fsp3) is 0.462. The van der Waals surface area contributed by atoms with Crippen LogP contribution in [0.25, 0.3) is 0 Å². The van der Waals surface area contributed by atoms with E-state index in [-0.39, 0.29) is 35.9 Å². The van der Waals surface area contributed by atoms with Crippen molar-refractivity contribution < 1.29 is 29.4 Å². The van der Waals surface area contributed by atoms with Crippen molar-refractivity contribution in [3.8, 4) is 0 Å². The van der Waals surface area contributed by atoms with Gasteiger partial charge in [0.1, 0.15) is 0 Å². The minimum Gasteiger partial charge on any atom is 0 e. The van der Waals surface area contributed by atoms with Crippen molar-refractivity contribution in [3.05, 3.63) is 61.8 Å². The molecule has 0 aliphatic rings. The zero-order valence-electron chi connectivity index (χ0n) is 20.5. The van der Waals surface area contributed by atoms with E-state index >= 15 is 0 Å². The average molecular weight is 646 g/mol. The van der Waals surface area contributed by atoms with Gasteiger partial charge in [-0.25, -0.2) is 0 Å². The van der Waals surface area contributed by atoms with Gasteiger partial charge in [0.2, 0.25) is 0 Å². The Labute approximate surface area is 213 Å². The molecule has 0 N–H and O–H groups in total. The number of benzene rings is 2. The SMILES string of the molecule is CC(C)P(c1ccccc1[B]c1ccccc1P(C(C)C)C(C)C)C(C)C.[C-]#[O+].[C-]#[O+].[Ir]. The van der Waals surface area contributed by atoms with Crippen molar-refractivity contribution in [3.63, 3.8) is 0 Å². The van der Waals surface area contributed by atoms with Crippen LogP contribution in [0, 0.1) is 13.3 Å². The molecule has 2 nitrogen and oxygen atoms in total. The van der Waals surface area contributed by atoms with Crippen molar-refractivity contribution in [2.24, 2.45) is 0 Å². The number of rotatable bonds is 8. The summed E-state index contributed by atoms with van der Waals surface area (Å²) in [5.74, 6) is 0. The van der Waals surface area contributed by atoms with Crippen LogP contribution in [-0.2, 0) is 29.4 Å². The Morgan fingerprint density at radius 2 is 0.812 bits per heavy atom. The second-order valence-electron chi connectivity index (χ2n) is 8.45. The van der Waals surface area contributed by atoms with E-state index in [2.05, 4.69) is 125 Å². The summed E-state index contributed by atoms with van der Waals surface area (Å²) in [7, 11) is 2.13. The molecule has 6 heteroatoms. The number of hydrogen-bond acceptors (Lipinski definition) is 0. The van der Waals surface area contributed by atoms with Crippen molar-refractivity contribution in [2.45, 2.75) is 78.0 Å². The van der Waals surface area contributed by atoms with E-state index in [4.69, 9.17) is 9.30 Å². The van der Waals surface area contributed by atoms with Gasteiger partial charge < -0.3 is 0 Å². The molecular weight excluding hydrogens is 609 g/mol. The van der Waals surface area contributed by atoms with E-state index in [9.17, 15) is 0 Å². The quantitative estimate of drug-likeness (QED) is 0.166. The second-order valence-corrected chi connectivity index (χ2v) is 15.2. The molecule has 0 spiro atoms. The van der Waals surface area contributed by atoms with Gasteiger partial charge in [0.05, 0.1) is 0 Å².